The van der Waals surface area contributed by atoms with E-state index in [-0.39, 0.29) is 11.7 Å². The highest BCUT2D eigenvalue weighted by molar-refractivity contribution is 7.99. The number of carbonyl (C=O) groups excluding carboxylic acids is 1. The number of piperidine rings is 1. The Morgan fingerprint density at radius 2 is 2.00 bits per heavy atom. The van der Waals surface area contributed by atoms with Crippen molar-refractivity contribution in [3.8, 4) is 0 Å². The second kappa shape index (κ2) is 6.89. The van der Waals surface area contributed by atoms with Gasteiger partial charge in [-0.3, -0.25) is 4.79 Å². The molecule has 114 valence electrons. The summed E-state index contributed by atoms with van der Waals surface area (Å²) in [5, 5.41) is 9.75. The van der Waals surface area contributed by atoms with E-state index in [0.29, 0.717) is 18.1 Å². The van der Waals surface area contributed by atoms with Crippen LogP contribution >= 0.6 is 11.8 Å². The van der Waals surface area contributed by atoms with Crippen LogP contribution in [0, 0.1) is 13.8 Å². The van der Waals surface area contributed by atoms with Gasteiger partial charge in [0.1, 0.15) is 6.04 Å². The van der Waals surface area contributed by atoms with Crippen molar-refractivity contribution in [2.45, 2.75) is 44.3 Å². The lowest BCUT2D eigenvalue weighted by Crippen LogP contribution is -2.48. The molecule has 1 fully saturated rings. The minimum Gasteiger partial charge on any atom is -0.480 e. The van der Waals surface area contributed by atoms with E-state index >= 15 is 0 Å². The molecular formula is C14H19N3O3S. The highest BCUT2D eigenvalue weighted by atomic mass is 32.2. The van der Waals surface area contributed by atoms with Gasteiger partial charge in [0.25, 0.3) is 0 Å². The Hall–Kier alpha value is -1.63. The minimum atomic E-state index is -0.921. The van der Waals surface area contributed by atoms with Gasteiger partial charge in [0.2, 0.25) is 5.91 Å². The first-order valence-corrected chi connectivity index (χ1v) is 7.93. The van der Waals surface area contributed by atoms with Crippen LogP contribution in [0.25, 0.3) is 0 Å². The first-order chi connectivity index (χ1) is 9.97. The lowest BCUT2D eigenvalue weighted by molar-refractivity contribution is -0.150. The topological polar surface area (TPSA) is 83.4 Å². The van der Waals surface area contributed by atoms with E-state index in [1.165, 1.54) is 16.7 Å². The van der Waals surface area contributed by atoms with Gasteiger partial charge in [-0.15, -0.1) is 0 Å². The number of likely N-dealkylation sites (tertiary alicyclic amines) is 1. The zero-order valence-electron chi connectivity index (χ0n) is 12.2. The summed E-state index contributed by atoms with van der Waals surface area (Å²) in [6.07, 6.45) is 2.25. The van der Waals surface area contributed by atoms with Gasteiger partial charge in [-0.2, -0.15) is 0 Å². The van der Waals surface area contributed by atoms with Crippen LogP contribution in [0.1, 0.15) is 30.7 Å². The third kappa shape index (κ3) is 4.17. The van der Waals surface area contributed by atoms with Gasteiger partial charge in [-0.1, -0.05) is 11.8 Å². The van der Waals surface area contributed by atoms with E-state index in [1.807, 2.05) is 19.9 Å². The van der Waals surface area contributed by atoms with E-state index in [2.05, 4.69) is 9.97 Å². The predicted octanol–water partition coefficient (Wildman–Crippen LogP) is 1.65. The van der Waals surface area contributed by atoms with Crippen LogP contribution in [-0.4, -0.2) is 50.2 Å². The number of amides is 1. The fourth-order valence-corrected chi connectivity index (χ4v) is 3.29. The third-order valence-corrected chi connectivity index (χ3v) is 4.23. The molecule has 6 nitrogen and oxygen atoms in total. The van der Waals surface area contributed by atoms with Crippen LogP contribution in [0.15, 0.2) is 11.2 Å². The molecule has 0 radical (unpaired) electrons. The number of carboxylic acid groups (broad SMARTS) is 1. The van der Waals surface area contributed by atoms with Crippen LogP contribution in [0.2, 0.25) is 0 Å². The number of rotatable bonds is 4. The van der Waals surface area contributed by atoms with Crippen molar-refractivity contribution in [1.29, 1.82) is 0 Å². The van der Waals surface area contributed by atoms with Gasteiger partial charge in [0.15, 0.2) is 5.16 Å². The number of thioether (sulfide) groups is 1. The Morgan fingerprint density at radius 1 is 1.33 bits per heavy atom. The van der Waals surface area contributed by atoms with Crippen molar-refractivity contribution in [2.24, 2.45) is 0 Å². The van der Waals surface area contributed by atoms with Gasteiger partial charge in [-0.25, -0.2) is 14.8 Å². The minimum absolute atomic E-state index is 0.158. The second-order valence-electron chi connectivity index (χ2n) is 5.16. The smallest absolute Gasteiger partial charge is 0.326 e. The molecule has 1 aromatic heterocycles. The molecule has 0 bridgehead atoms. The second-order valence-corrected chi connectivity index (χ2v) is 6.10. The standard InChI is InChI=1S/C14H19N3O3S/c1-9-7-10(2)16-14(15-9)21-8-12(18)17-6-4-3-5-11(17)13(19)20/h7,11H,3-6,8H2,1-2H3,(H,19,20)/t11-/m1/s1. The fraction of sp³-hybridized carbons (Fsp3) is 0.571. The number of aromatic nitrogens is 2. The molecule has 0 spiro atoms. The van der Waals surface area contributed by atoms with Crippen LogP contribution < -0.4 is 0 Å². The molecule has 21 heavy (non-hydrogen) atoms. The fourth-order valence-electron chi connectivity index (χ4n) is 2.45. The lowest BCUT2D eigenvalue weighted by Gasteiger charge is -2.32. The first kappa shape index (κ1) is 15.8. The Kier molecular flexibility index (Phi) is 5.17. The molecule has 1 saturated heterocycles. The Morgan fingerprint density at radius 3 is 2.62 bits per heavy atom. The van der Waals surface area contributed by atoms with Crippen molar-refractivity contribution >= 4 is 23.6 Å². The van der Waals surface area contributed by atoms with Crippen molar-refractivity contribution in [1.82, 2.24) is 14.9 Å². The van der Waals surface area contributed by atoms with E-state index < -0.39 is 12.0 Å². The molecule has 1 aliphatic rings. The average molecular weight is 309 g/mol. The number of hydrogen-bond donors (Lipinski definition) is 1. The van der Waals surface area contributed by atoms with Crippen molar-refractivity contribution in [3.05, 3.63) is 17.5 Å². The van der Waals surface area contributed by atoms with E-state index in [9.17, 15) is 14.7 Å². The molecule has 1 amide bonds. The van der Waals surface area contributed by atoms with Gasteiger partial charge in [-0.05, 0) is 39.2 Å². The average Bonchev–Trinajstić information content (AvgIpc) is 2.43. The zero-order valence-corrected chi connectivity index (χ0v) is 13.0. The van der Waals surface area contributed by atoms with Crippen LogP contribution in [0.4, 0.5) is 0 Å². The third-order valence-electron chi connectivity index (χ3n) is 3.39. The Labute approximate surface area is 128 Å². The van der Waals surface area contributed by atoms with Crippen molar-refractivity contribution in [2.75, 3.05) is 12.3 Å². The molecule has 2 rings (SSSR count). The largest absolute Gasteiger partial charge is 0.480 e. The molecule has 0 aliphatic carbocycles. The highest BCUT2D eigenvalue weighted by Gasteiger charge is 2.31. The number of carboxylic acids is 1. The number of aryl methyl sites for hydroxylation is 2. The molecule has 0 unspecified atom stereocenters. The molecule has 1 atom stereocenters. The summed E-state index contributed by atoms with van der Waals surface area (Å²) >= 11 is 1.26. The zero-order chi connectivity index (χ0) is 15.4. The van der Waals surface area contributed by atoms with Crippen LogP contribution in [-0.2, 0) is 9.59 Å². The highest BCUT2D eigenvalue weighted by Crippen LogP contribution is 2.20. The number of carbonyl (C=O) groups is 2. The van der Waals surface area contributed by atoms with E-state index in [4.69, 9.17) is 0 Å². The quantitative estimate of drug-likeness (QED) is 0.672. The normalized spacial score (nSPS) is 18.6. The van der Waals surface area contributed by atoms with Gasteiger partial charge in [0, 0.05) is 17.9 Å². The van der Waals surface area contributed by atoms with Gasteiger partial charge in [0.05, 0.1) is 5.75 Å². The maximum Gasteiger partial charge on any atom is 0.326 e. The van der Waals surface area contributed by atoms with E-state index in [0.717, 1.165) is 24.2 Å². The summed E-state index contributed by atoms with van der Waals surface area (Å²) in [6, 6.07) is 1.18. The van der Waals surface area contributed by atoms with Crippen molar-refractivity contribution < 1.29 is 14.7 Å². The Balaban J connectivity index is 1.98. The maximum absolute atomic E-state index is 12.2. The summed E-state index contributed by atoms with van der Waals surface area (Å²) < 4.78 is 0. The number of nitrogens with zero attached hydrogens (tertiary/aromatic N) is 3. The molecule has 0 saturated carbocycles. The monoisotopic (exact) mass is 309 g/mol. The molecule has 7 heteroatoms. The summed E-state index contributed by atoms with van der Waals surface area (Å²) in [4.78, 5) is 33.5. The van der Waals surface area contributed by atoms with Crippen LogP contribution in [0.3, 0.4) is 0 Å². The van der Waals surface area contributed by atoms with Gasteiger partial charge >= 0.3 is 5.97 Å². The summed E-state index contributed by atoms with van der Waals surface area (Å²) in [7, 11) is 0. The summed E-state index contributed by atoms with van der Waals surface area (Å²) in [5.41, 5.74) is 1.72. The predicted molar refractivity (Wildman–Crippen MR) is 79.2 cm³/mol. The molecule has 1 aliphatic heterocycles. The Bertz CT molecular complexity index is 530. The van der Waals surface area contributed by atoms with E-state index in [1.54, 1.807) is 0 Å². The maximum atomic E-state index is 12.2. The molecule has 1 aromatic rings. The number of aliphatic carboxylic acids is 1. The number of hydrogen-bond acceptors (Lipinski definition) is 5. The lowest BCUT2D eigenvalue weighted by atomic mass is 10.0. The molecular weight excluding hydrogens is 290 g/mol. The van der Waals surface area contributed by atoms with Crippen LogP contribution in [0.5, 0.6) is 0 Å². The van der Waals surface area contributed by atoms with Gasteiger partial charge < -0.3 is 10.0 Å². The molecule has 1 N–H and O–H groups in total. The van der Waals surface area contributed by atoms with Crippen molar-refractivity contribution in [3.63, 3.8) is 0 Å². The SMILES string of the molecule is Cc1cc(C)nc(SCC(=O)N2CCCC[C@@H]2C(=O)O)n1. The summed E-state index contributed by atoms with van der Waals surface area (Å²) in [6.45, 7) is 4.28. The first-order valence-electron chi connectivity index (χ1n) is 6.94. The molecule has 0 aromatic carbocycles. The molecule has 2 heterocycles. The summed E-state index contributed by atoms with van der Waals surface area (Å²) in [5.74, 6) is -0.905.